The summed E-state index contributed by atoms with van der Waals surface area (Å²) in [5, 5.41) is 0.682. The molecule has 0 radical (unpaired) electrons. The maximum absolute atomic E-state index is 10.4. The number of hydrogen-bond acceptors (Lipinski definition) is 3. The SMILES string of the molecule is O.O.O.O.O=S(=O)([O-])c1cccc(P)c1.[Na+].[Na+].[Na+]. The largest absolute Gasteiger partial charge is 1.00 e. The molecule has 8 N–H and O–H groups in total. The van der Waals surface area contributed by atoms with E-state index in [2.05, 4.69) is 9.24 Å². The maximum Gasteiger partial charge on any atom is 1.00 e. The molecule has 0 bridgehead atoms. The Kier molecular flexibility index (Phi) is 46.1. The van der Waals surface area contributed by atoms with E-state index in [1.807, 2.05) is 0 Å². The molecule has 0 saturated carbocycles. The summed E-state index contributed by atoms with van der Waals surface area (Å²) in [5.41, 5.74) is 0. The second kappa shape index (κ2) is 19.4. The molecule has 7 nitrogen and oxygen atoms in total. The summed E-state index contributed by atoms with van der Waals surface area (Å²) in [6.07, 6.45) is 0. The Bertz CT molecular complexity index is 375. The van der Waals surface area contributed by atoms with E-state index < -0.39 is 10.1 Å². The van der Waals surface area contributed by atoms with Crippen LogP contribution in [0.2, 0.25) is 0 Å². The molecule has 18 heavy (non-hydrogen) atoms. The second-order valence-electron chi connectivity index (χ2n) is 2.03. The Balaban J connectivity index is -0.0000000346. The Labute approximate surface area is 175 Å². The third-order valence-electron chi connectivity index (χ3n) is 1.15. The van der Waals surface area contributed by atoms with E-state index in [-0.39, 0.29) is 115 Å². The van der Waals surface area contributed by atoms with Crippen LogP contribution in [-0.4, -0.2) is 34.9 Å². The van der Waals surface area contributed by atoms with E-state index in [0.29, 0.717) is 5.30 Å². The van der Waals surface area contributed by atoms with Crippen molar-refractivity contribution in [3.8, 4) is 0 Å². The summed E-state index contributed by atoms with van der Waals surface area (Å²) in [4.78, 5) is -0.190. The Morgan fingerprint density at radius 1 is 0.944 bits per heavy atom. The predicted molar refractivity (Wildman–Crippen MR) is 58.2 cm³/mol. The molecule has 0 heterocycles. The number of rotatable bonds is 1. The fraction of sp³-hybridized carbons (Fsp3) is 0. The summed E-state index contributed by atoms with van der Waals surface area (Å²) in [6.45, 7) is 0. The summed E-state index contributed by atoms with van der Waals surface area (Å²) < 4.78 is 31.3. The molecule has 1 atom stereocenters. The molecule has 1 rings (SSSR count). The van der Waals surface area contributed by atoms with Crippen LogP contribution in [0.25, 0.3) is 0 Å². The second-order valence-corrected chi connectivity index (χ2v) is 4.07. The van der Waals surface area contributed by atoms with Gasteiger partial charge in [0, 0.05) is 0 Å². The topological polar surface area (TPSA) is 183 Å². The van der Waals surface area contributed by atoms with Gasteiger partial charge in [0.05, 0.1) is 4.90 Å². The van der Waals surface area contributed by atoms with Crippen LogP contribution in [-0.2, 0) is 10.1 Å². The molecule has 92 valence electrons. The summed E-state index contributed by atoms with van der Waals surface area (Å²) in [6, 6.07) is 5.80. The van der Waals surface area contributed by atoms with Crippen molar-refractivity contribution in [2.75, 3.05) is 0 Å². The van der Waals surface area contributed by atoms with Gasteiger partial charge >= 0.3 is 88.7 Å². The van der Waals surface area contributed by atoms with Gasteiger partial charge in [-0.25, -0.2) is 8.42 Å². The molecule has 1 aromatic carbocycles. The van der Waals surface area contributed by atoms with Gasteiger partial charge < -0.3 is 26.5 Å². The van der Waals surface area contributed by atoms with Gasteiger partial charge in [-0.2, -0.15) is 0 Å². The zero-order chi connectivity index (χ0) is 8.48. The number of hydrogen-bond donors (Lipinski definition) is 0. The summed E-state index contributed by atoms with van der Waals surface area (Å²) in [5.74, 6) is 0. The van der Waals surface area contributed by atoms with Crippen molar-refractivity contribution in [3.63, 3.8) is 0 Å². The molecule has 1 aromatic rings. The third-order valence-corrected chi connectivity index (χ3v) is 2.34. The summed E-state index contributed by atoms with van der Waals surface area (Å²) >= 11 is 0. The third kappa shape index (κ3) is 16.5. The fourth-order valence-corrected chi connectivity index (χ4v) is 1.61. The van der Waals surface area contributed by atoms with Crippen LogP contribution in [0, 0.1) is 0 Å². The monoisotopic (exact) mass is 330 g/mol. The average molecular weight is 330 g/mol. The van der Waals surface area contributed by atoms with Gasteiger partial charge in [-0.3, -0.25) is 0 Å². The van der Waals surface area contributed by atoms with Gasteiger partial charge in [0.15, 0.2) is 0 Å². The number of benzene rings is 1. The van der Waals surface area contributed by atoms with Crippen molar-refractivity contribution in [1.29, 1.82) is 0 Å². The Hall–Kier alpha value is 2.40. The Morgan fingerprint density at radius 3 is 1.56 bits per heavy atom. The van der Waals surface area contributed by atoms with E-state index in [4.69, 9.17) is 0 Å². The molecular weight excluding hydrogens is 316 g/mol. The molecule has 12 heteroatoms. The van der Waals surface area contributed by atoms with Crippen molar-refractivity contribution in [2.24, 2.45) is 0 Å². The first kappa shape index (κ1) is 42.8. The van der Waals surface area contributed by atoms with Gasteiger partial charge in [-0.05, 0) is 17.4 Å². The van der Waals surface area contributed by atoms with Gasteiger partial charge in [0.25, 0.3) is 0 Å². The van der Waals surface area contributed by atoms with Gasteiger partial charge in [0.2, 0.25) is 0 Å². The minimum absolute atomic E-state index is 0. The summed E-state index contributed by atoms with van der Waals surface area (Å²) in [7, 11) is -1.97. The van der Waals surface area contributed by atoms with Crippen LogP contribution in [0.4, 0.5) is 0 Å². The van der Waals surface area contributed by atoms with Crippen LogP contribution in [0.5, 0.6) is 0 Å². The molecule has 0 aliphatic carbocycles. The van der Waals surface area contributed by atoms with Crippen LogP contribution >= 0.6 is 9.24 Å². The average Bonchev–Trinajstić information content (AvgIpc) is 1.86. The molecule has 0 aliphatic heterocycles. The minimum Gasteiger partial charge on any atom is -0.744 e. The first-order valence-electron chi connectivity index (χ1n) is 2.81. The Morgan fingerprint density at radius 2 is 1.33 bits per heavy atom. The molecule has 1 unspecified atom stereocenters. The van der Waals surface area contributed by atoms with Crippen LogP contribution in [0.1, 0.15) is 0 Å². The first-order valence-corrected chi connectivity index (χ1v) is 4.80. The molecule has 0 aliphatic rings. The zero-order valence-electron chi connectivity index (χ0n) is 10.5. The smallest absolute Gasteiger partial charge is 0.744 e. The van der Waals surface area contributed by atoms with Crippen molar-refractivity contribution in [3.05, 3.63) is 24.3 Å². The molecule has 0 amide bonds. The normalized spacial score (nSPS) is 7.00. The van der Waals surface area contributed by atoms with Gasteiger partial charge in [0.1, 0.15) is 10.1 Å². The molecular formula is C6H14Na3O7PS+2. The van der Waals surface area contributed by atoms with E-state index in [0.717, 1.165) is 0 Å². The first-order chi connectivity index (χ1) is 5.00. The molecule has 0 aromatic heterocycles. The fourth-order valence-electron chi connectivity index (χ4n) is 0.670. The minimum atomic E-state index is -4.29. The van der Waals surface area contributed by atoms with E-state index in [9.17, 15) is 13.0 Å². The van der Waals surface area contributed by atoms with Crippen LogP contribution in [0.3, 0.4) is 0 Å². The quantitative estimate of drug-likeness (QED) is 0.282. The zero-order valence-corrected chi connectivity index (χ0v) is 18.5. The van der Waals surface area contributed by atoms with Gasteiger partial charge in [-0.1, -0.05) is 12.1 Å². The van der Waals surface area contributed by atoms with Crippen LogP contribution in [0.15, 0.2) is 29.2 Å². The molecule has 0 spiro atoms. The van der Waals surface area contributed by atoms with Crippen molar-refractivity contribution >= 4 is 24.7 Å². The van der Waals surface area contributed by atoms with Crippen molar-refractivity contribution in [1.82, 2.24) is 0 Å². The molecule has 0 fully saturated rings. The molecule has 0 saturated heterocycles. The van der Waals surface area contributed by atoms with Crippen LogP contribution < -0.4 is 94.0 Å². The van der Waals surface area contributed by atoms with Gasteiger partial charge in [-0.15, -0.1) is 9.24 Å². The van der Waals surface area contributed by atoms with Crippen molar-refractivity contribution < 1.29 is 124 Å². The van der Waals surface area contributed by atoms with E-state index in [1.165, 1.54) is 18.2 Å². The van der Waals surface area contributed by atoms with E-state index >= 15 is 0 Å². The van der Waals surface area contributed by atoms with Crippen molar-refractivity contribution in [2.45, 2.75) is 4.90 Å². The maximum atomic E-state index is 10.4. The predicted octanol–water partition coefficient (Wildman–Crippen LogP) is -12.2. The van der Waals surface area contributed by atoms with E-state index in [1.54, 1.807) is 6.07 Å². The standard InChI is InChI=1S/C6H7O3PS.3Na.4H2O/c7-11(8,9)6-3-1-2-5(10)4-6;;;;;;;/h1-4H,10H2,(H,7,8,9);;;;4*1H2/q;3*+1;;;;/p-1.